The molecule has 0 saturated carbocycles. The van der Waals surface area contributed by atoms with Crippen molar-refractivity contribution in [1.82, 2.24) is 15.0 Å². The SMILES string of the molecule is CC1(C)c2ccccc2-c2cc3c(cc21)-c1ccccc1C31c2ccccc2C=Cc2ccc(-c3cc(-c4ccccc4)nc(-c4ccc(-c5cccnc5)cc4)n3)cc21. The third-order valence-electron chi connectivity index (χ3n) is 13.2. The summed E-state index contributed by atoms with van der Waals surface area (Å²) in [6.45, 7) is 4.75. The highest BCUT2D eigenvalue weighted by Gasteiger charge is 2.50. The molecule has 3 aliphatic rings. The number of aromatic nitrogens is 3. The minimum absolute atomic E-state index is 0.111. The van der Waals surface area contributed by atoms with E-state index >= 15 is 0 Å². The predicted octanol–water partition coefficient (Wildman–Crippen LogP) is 13.7. The maximum Gasteiger partial charge on any atom is 0.160 e. The van der Waals surface area contributed by atoms with Gasteiger partial charge in [-0.1, -0.05) is 172 Å². The summed E-state index contributed by atoms with van der Waals surface area (Å²) in [4.78, 5) is 14.9. The molecule has 3 aliphatic carbocycles. The Morgan fingerprint density at radius 3 is 1.72 bits per heavy atom. The van der Waals surface area contributed by atoms with Crippen LogP contribution in [-0.2, 0) is 10.8 Å². The van der Waals surface area contributed by atoms with Gasteiger partial charge in [0.25, 0.3) is 0 Å². The van der Waals surface area contributed by atoms with E-state index in [4.69, 9.17) is 9.97 Å². The second kappa shape index (κ2) is 13.0. The molecule has 9 aromatic rings. The largest absolute Gasteiger partial charge is 0.264 e. The molecule has 0 saturated heterocycles. The maximum absolute atomic E-state index is 5.37. The van der Waals surface area contributed by atoms with E-state index in [-0.39, 0.29) is 5.41 Å². The zero-order valence-corrected chi connectivity index (χ0v) is 33.4. The minimum atomic E-state index is -0.589. The molecule has 0 aliphatic heterocycles. The van der Waals surface area contributed by atoms with Crippen LogP contribution in [0.4, 0.5) is 0 Å². The zero-order valence-electron chi connectivity index (χ0n) is 33.4. The topological polar surface area (TPSA) is 38.7 Å². The minimum Gasteiger partial charge on any atom is -0.264 e. The molecule has 0 radical (unpaired) electrons. The van der Waals surface area contributed by atoms with Crippen molar-refractivity contribution >= 4 is 12.2 Å². The fourth-order valence-corrected chi connectivity index (χ4v) is 10.4. The van der Waals surface area contributed by atoms with Crippen LogP contribution in [0.5, 0.6) is 0 Å². The Bertz CT molecular complexity index is 3220. The molecule has 0 N–H and O–H groups in total. The summed E-state index contributed by atoms with van der Waals surface area (Å²) in [5.41, 5.74) is 21.9. The van der Waals surface area contributed by atoms with Crippen molar-refractivity contribution in [3.63, 3.8) is 0 Å². The summed E-state index contributed by atoms with van der Waals surface area (Å²) in [6.07, 6.45) is 8.31. The van der Waals surface area contributed by atoms with E-state index in [1.807, 2.05) is 18.3 Å². The first-order valence-electron chi connectivity index (χ1n) is 20.7. The third-order valence-corrected chi connectivity index (χ3v) is 13.2. The maximum atomic E-state index is 5.37. The van der Waals surface area contributed by atoms with Gasteiger partial charge in [0.05, 0.1) is 16.8 Å². The van der Waals surface area contributed by atoms with Gasteiger partial charge in [-0.25, -0.2) is 9.97 Å². The lowest BCUT2D eigenvalue weighted by Gasteiger charge is -2.36. The van der Waals surface area contributed by atoms with Gasteiger partial charge in [0.15, 0.2) is 5.82 Å². The zero-order chi connectivity index (χ0) is 40.0. The molecule has 3 nitrogen and oxygen atoms in total. The molecule has 12 rings (SSSR count). The molecule has 282 valence electrons. The van der Waals surface area contributed by atoms with Crippen LogP contribution in [-0.4, -0.2) is 15.0 Å². The van der Waals surface area contributed by atoms with Gasteiger partial charge in [0.1, 0.15) is 0 Å². The van der Waals surface area contributed by atoms with Crippen molar-refractivity contribution in [2.75, 3.05) is 0 Å². The van der Waals surface area contributed by atoms with Crippen molar-refractivity contribution < 1.29 is 0 Å². The predicted molar refractivity (Wildman–Crippen MR) is 245 cm³/mol. The van der Waals surface area contributed by atoms with Crippen LogP contribution in [0, 0.1) is 0 Å². The number of nitrogens with zero attached hydrogens (tertiary/aromatic N) is 3. The fourth-order valence-electron chi connectivity index (χ4n) is 10.4. The van der Waals surface area contributed by atoms with Gasteiger partial charge in [-0.05, 0) is 108 Å². The van der Waals surface area contributed by atoms with Crippen molar-refractivity contribution in [3.8, 4) is 67.3 Å². The molecule has 1 atom stereocenters. The van der Waals surface area contributed by atoms with Gasteiger partial charge in [-0.15, -0.1) is 0 Å². The smallest absolute Gasteiger partial charge is 0.160 e. The van der Waals surface area contributed by atoms with E-state index in [9.17, 15) is 0 Å². The number of benzene rings is 7. The number of rotatable bonds is 4. The number of hydrogen-bond donors (Lipinski definition) is 0. The van der Waals surface area contributed by atoms with Crippen molar-refractivity contribution in [2.45, 2.75) is 24.7 Å². The van der Waals surface area contributed by atoms with Gasteiger partial charge in [-0.3, -0.25) is 4.98 Å². The summed E-state index contributed by atoms with van der Waals surface area (Å²) < 4.78 is 0. The van der Waals surface area contributed by atoms with Crippen molar-refractivity contribution in [3.05, 3.63) is 233 Å². The van der Waals surface area contributed by atoms with E-state index in [0.717, 1.165) is 39.2 Å². The molecule has 0 fully saturated rings. The Kier molecular flexibility index (Phi) is 7.49. The second-order valence-electron chi connectivity index (χ2n) is 16.8. The van der Waals surface area contributed by atoms with Crippen molar-refractivity contribution in [1.29, 1.82) is 0 Å². The van der Waals surface area contributed by atoms with Crippen LogP contribution in [0.1, 0.15) is 58.4 Å². The molecule has 2 heterocycles. The van der Waals surface area contributed by atoms with Crippen LogP contribution in [0.3, 0.4) is 0 Å². The summed E-state index contributed by atoms with van der Waals surface area (Å²) in [7, 11) is 0. The van der Waals surface area contributed by atoms with Crippen LogP contribution in [0.15, 0.2) is 188 Å². The summed E-state index contributed by atoms with van der Waals surface area (Å²) in [6, 6.07) is 64.3. The molecule has 2 aromatic heterocycles. The first-order valence-corrected chi connectivity index (χ1v) is 20.7. The van der Waals surface area contributed by atoms with Crippen LogP contribution in [0.2, 0.25) is 0 Å². The molecule has 7 aromatic carbocycles. The van der Waals surface area contributed by atoms with Gasteiger partial charge >= 0.3 is 0 Å². The van der Waals surface area contributed by atoms with E-state index in [2.05, 4.69) is 195 Å². The molecule has 1 unspecified atom stereocenters. The monoisotopic (exact) mass is 765 g/mol. The van der Waals surface area contributed by atoms with Gasteiger partial charge < -0.3 is 0 Å². The Balaban J connectivity index is 1.11. The first kappa shape index (κ1) is 34.5. The molecular formula is C57H39N3. The Labute approximate surface area is 350 Å². The van der Waals surface area contributed by atoms with Crippen LogP contribution < -0.4 is 0 Å². The number of hydrogen-bond acceptors (Lipinski definition) is 3. The van der Waals surface area contributed by atoms with E-state index in [1.165, 1.54) is 66.8 Å². The van der Waals surface area contributed by atoms with E-state index < -0.39 is 5.41 Å². The average molecular weight is 766 g/mol. The average Bonchev–Trinajstić information content (AvgIpc) is 3.66. The lowest BCUT2D eigenvalue weighted by Crippen LogP contribution is -2.30. The summed E-state index contributed by atoms with van der Waals surface area (Å²) in [5.74, 6) is 0.687. The van der Waals surface area contributed by atoms with Crippen LogP contribution >= 0.6 is 0 Å². The molecular weight excluding hydrogens is 727 g/mol. The second-order valence-corrected chi connectivity index (χ2v) is 16.8. The van der Waals surface area contributed by atoms with Crippen molar-refractivity contribution in [2.24, 2.45) is 0 Å². The molecule has 1 spiro atoms. The number of pyridine rings is 1. The Hall–Kier alpha value is -7.49. The fraction of sp³-hybridized carbons (Fsp3) is 0.0702. The molecule has 0 bridgehead atoms. The highest BCUT2D eigenvalue weighted by Crippen LogP contribution is 2.62. The molecule has 3 heteroatoms. The lowest BCUT2D eigenvalue weighted by molar-refractivity contribution is 0.660. The molecule has 60 heavy (non-hydrogen) atoms. The van der Waals surface area contributed by atoms with E-state index in [0.29, 0.717) is 5.82 Å². The van der Waals surface area contributed by atoms with E-state index in [1.54, 1.807) is 6.20 Å². The van der Waals surface area contributed by atoms with Gasteiger partial charge in [0, 0.05) is 34.5 Å². The van der Waals surface area contributed by atoms with Gasteiger partial charge in [-0.2, -0.15) is 0 Å². The van der Waals surface area contributed by atoms with Gasteiger partial charge in [0.2, 0.25) is 0 Å². The number of fused-ring (bicyclic) bond motifs is 12. The summed E-state index contributed by atoms with van der Waals surface area (Å²) >= 11 is 0. The molecule has 0 amide bonds. The summed E-state index contributed by atoms with van der Waals surface area (Å²) in [5, 5.41) is 0. The lowest BCUT2D eigenvalue weighted by atomic mass is 9.65. The third kappa shape index (κ3) is 4.99. The standard InChI is InChI=1S/C57H39N3/c1-56(2)48-20-10-7-17-43(48)45-33-52-46(32-51(45)56)44-18-8-11-21-49(44)57(52)47-19-9-6-13-37(47)24-25-38-26-29-41(31-50(38)57)54-34-53(39-14-4-3-5-15-39)59-55(60-54)40-27-22-36(23-28-40)42-16-12-30-58-35-42/h3-35H,1-2H3. The Morgan fingerprint density at radius 2 is 0.950 bits per heavy atom. The highest BCUT2D eigenvalue weighted by atomic mass is 14.9. The Morgan fingerprint density at radius 1 is 0.367 bits per heavy atom. The quantitative estimate of drug-likeness (QED) is 0.179. The highest BCUT2D eigenvalue weighted by molar-refractivity contribution is 5.95. The first-order chi connectivity index (χ1) is 29.5. The normalized spacial score (nSPS) is 16.0. The van der Waals surface area contributed by atoms with Crippen LogP contribution in [0.25, 0.3) is 79.4 Å².